The van der Waals surface area contributed by atoms with E-state index in [0.717, 1.165) is 11.3 Å². The van der Waals surface area contributed by atoms with E-state index in [4.69, 9.17) is 5.73 Å². The third-order valence-electron chi connectivity index (χ3n) is 1.43. The predicted octanol–water partition coefficient (Wildman–Crippen LogP) is 1.94. The van der Waals surface area contributed by atoms with Gasteiger partial charge in [-0.15, -0.1) is 0 Å². The maximum Gasteiger partial charge on any atom is 0.0622 e. The fourth-order valence-corrected chi connectivity index (χ4v) is 0.767. The Kier molecular flexibility index (Phi) is 2.06. The van der Waals surface area contributed by atoms with Crippen molar-refractivity contribution >= 4 is 18.1 Å². The van der Waals surface area contributed by atoms with E-state index in [1.807, 2.05) is 24.3 Å². The molecule has 0 radical (unpaired) electrons. The standard InChI is InChI=1S/C9H10N2/c1-7(11-2)8-3-5-9(10)6-4-8/h3-6H,1-2,10H2. The van der Waals surface area contributed by atoms with Crippen LogP contribution in [0.5, 0.6) is 0 Å². The Balaban J connectivity index is 2.98. The van der Waals surface area contributed by atoms with Crippen molar-refractivity contribution in [3.05, 3.63) is 36.4 Å². The topological polar surface area (TPSA) is 38.4 Å². The number of aliphatic imine (C=N–C) groups is 1. The van der Waals surface area contributed by atoms with Crippen molar-refractivity contribution in [3.63, 3.8) is 0 Å². The summed E-state index contributed by atoms with van der Waals surface area (Å²) < 4.78 is 0. The number of hydrogen-bond donors (Lipinski definition) is 1. The summed E-state index contributed by atoms with van der Waals surface area (Å²) in [6.45, 7) is 7.08. The molecule has 0 aliphatic rings. The van der Waals surface area contributed by atoms with Crippen LogP contribution >= 0.6 is 0 Å². The summed E-state index contributed by atoms with van der Waals surface area (Å²) in [5.41, 5.74) is 7.86. The Morgan fingerprint density at radius 2 is 1.82 bits per heavy atom. The third kappa shape index (κ3) is 1.67. The van der Waals surface area contributed by atoms with Crippen molar-refractivity contribution in [1.29, 1.82) is 0 Å². The van der Waals surface area contributed by atoms with Crippen LogP contribution in [0.15, 0.2) is 35.8 Å². The van der Waals surface area contributed by atoms with Gasteiger partial charge < -0.3 is 5.73 Å². The number of nitrogen functional groups attached to an aromatic ring is 1. The predicted molar refractivity (Wildman–Crippen MR) is 49.4 cm³/mol. The van der Waals surface area contributed by atoms with Gasteiger partial charge in [0.05, 0.1) is 5.70 Å². The molecule has 0 heterocycles. The smallest absolute Gasteiger partial charge is 0.0622 e. The fourth-order valence-electron chi connectivity index (χ4n) is 0.767. The molecule has 2 heteroatoms. The van der Waals surface area contributed by atoms with Crippen LogP contribution in [-0.4, -0.2) is 6.72 Å². The summed E-state index contributed by atoms with van der Waals surface area (Å²) in [6, 6.07) is 7.36. The molecule has 0 aliphatic carbocycles. The monoisotopic (exact) mass is 146 g/mol. The lowest BCUT2D eigenvalue weighted by Gasteiger charge is -1.98. The maximum absolute atomic E-state index is 5.49. The van der Waals surface area contributed by atoms with E-state index in [2.05, 4.69) is 18.3 Å². The molecule has 1 rings (SSSR count). The van der Waals surface area contributed by atoms with Gasteiger partial charge in [0.2, 0.25) is 0 Å². The molecule has 0 unspecified atom stereocenters. The Morgan fingerprint density at radius 1 is 1.27 bits per heavy atom. The van der Waals surface area contributed by atoms with E-state index in [1.165, 1.54) is 0 Å². The van der Waals surface area contributed by atoms with Crippen molar-refractivity contribution in [2.24, 2.45) is 4.99 Å². The number of benzene rings is 1. The van der Waals surface area contributed by atoms with E-state index in [9.17, 15) is 0 Å². The van der Waals surface area contributed by atoms with E-state index >= 15 is 0 Å². The van der Waals surface area contributed by atoms with Gasteiger partial charge in [-0.3, -0.25) is 4.99 Å². The minimum atomic E-state index is 0.671. The quantitative estimate of drug-likeness (QED) is 0.502. The molecule has 0 bridgehead atoms. The zero-order valence-electron chi connectivity index (χ0n) is 6.25. The van der Waals surface area contributed by atoms with Gasteiger partial charge in [-0.05, 0) is 24.4 Å². The molecule has 0 fully saturated rings. The molecule has 56 valence electrons. The van der Waals surface area contributed by atoms with Crippen molar-refractivity contribution in [2.45, 2.75) is 0 Å². The van der Waals surface area contributed by atoms with E-state index in [-0.39, 0.29) is 0 Å². The Bertz CT molecular complexity index is 272. The highest BCUT2D eigenvalue weighted by Crippen LogP contribution is 2.14. The molecule has 0 amide bonds. The normalized spacial score (nSPS) is 9.09. The Morgan fingerprint density at radius 3 is 2.27 bits per heavy atom. The molecule has 2 nitrogen and oxygen atoms in total. The van der Waals surface area contributed by atoms with Crippen molar-refractivity contribution in [2.75, 3.05) is 5.73 Å². The van der Waals surface area contributed by atoms with Crippen LogP contribution in [0.1, 0.15) is 5.56 Å². The van der Waals surface area contributed by atoms with Crippen LogP contribution in [0.25, 0.3) is 5.70 Å². The highest BCUT2D eigenvalue weighted by atomic mass is 14.7. The Labute approximate surface area is 66.1 Å². The largest absolute Gasteiger partial charge is 0.399 e. The minimum absolute atomic E-state index is 0.671. The van der Waals surface area contributed by atoms with Crippen LogP contribution in [0, 0.1) is 0 Å². The molecule has 1 aromatic carbocycles. The van der Waals surface area contributed by atoms with Gasteiger partial charge in [0.15, 0.2) is 0 Å². The second kappa shape index (κ2) is 3.01. The minimum Gasteiger partial charge on any atom is -0.399 e. The first-order valence-corrected chi connectivity index (χ1v) is 3.25. The molecular weight excluding hydrogens is 136 g/mol. The van der Waals surface area contributed by atoms with Crippen molar-refractivity contribution in [1.82, 2.24) is 0 Å². The summed E-state index contributed by atoms with van der Waals surface area (Å²) in [6.07, 6.45) is 0. The fraction of sp³-hybridized carbons (Fsp3) is 0. The number of nitrogens with two attached hydrogens (primary N) is 1. The van der Waals surface area contributed by atoms with Gasteiger partial charge in [0.25, 0.3) is 0 Å². The summed E-state index contributed by atoms with van der Waals surface area (Å²) in [5, 5.41) is 0. The van der Waals surface area contributed by atoms with Gasteiger partial charge in [-0.2, -0.15) is 0 Å². The van der Waals surface area contributed by atoms with Gasteiger partial charge in [0, 0.05) is 5.69 Å². The average molecular weight is 146 g/mol. The lowest BCUT2D eigenvalue weighted by atomic mass is 10.2. The lowest BCUT2D eigenvalue weighted by Crippen LogP contribution is -1.84. The molecule has 0 atom stereocenters. The molecule has 0 aromatic heterocycles. The zero-order valence-corrected chi connectivity index (χ0v) is 6.25. The van der Waals surface area contributed by atoms with Gasteiger partial charge in [-0.1, -0.05) is 18.7 Å². The van der Waals surface area contributed by atoms with Crippen molar-refractivity contribution < 1.29 is 0 Å². The first-order valence-electron chi connectivity index (χ1n) is 3.25. The summed E-state index contributed by atoms with van der Waals surface area (Å²) in [4.78, 5) is 3.70. The van der Waals surface area contributed by atoms with Gasteiger partial charge >= 0.3 is 0 Å². The second-order valence-electron chi connectivity index (χ2n) is 2.23. The van der Waals surface area contributed by atoms with E-state index in [0.29, 0.717) is 5.70 Å². The molecule has 0 spiro atoms. The first-order chi connectivity index (χ1) is 5.24. The summed E-state index contributed by atoms with van der Waals surface area (Å²) in [5.74, 6) is 0. The summed E-state index contributed by atoms with van der Waals surface area (Å²) in [7, 11) is 0. The molecule has 1 aromatic rings. The van der Waals surface area contributed by atoms with Crippen LogP contribution in [-0.2, 0) is 0 Å². The number of rotatable bonds is 2. The first kappa shape index (κ1) is 7.54. The lowest BCUT2D eigenvalue weighted by molar-refractivity contribution is 1.54. The molecule has 11 heavy (non-hydrogen) atoms. The highest BCUT2D eigenvalue weighted by Gasteiger charge is 1.93. The number of hydrogen-bond acceptors (Lipinski definition) is 2. The highest BCUT2D eigenvalue weighted by molar-refractivity contribution is 5.66. The molecule has 2 N–H and O–H groups in total. The molecule has 0 saturated carbocycles. The molecule has 0 aliphatic heterocycles. The van der Waals surface area contributed by atoms with E-state index in [1.54, 1.807) is 0 Å². The second-order valence-corrected chi connectivity index (χ2v) is 2.23. The van der Waals surface area contributed by atoms with Gasteiger partial charge in [-0.25, -0.2) is 0 Å². The third-order valence-corrected chi connectivity index (χ3v) is 1.43. The Hall–Kier alpha value is -1.57. The van der Waals surface area contributed by atoms with Crippen LogP contribution in [0.4, 0.5) is 5.69 Å². The molecular formula is C9H10N2. The zero-order chi connectivity index (χ0) is 8.27. The van der Waals surface area contributed by atoms with Crippen LogP contribution < -0.4 is 5.73 Å². The maximum atomic E-state index is 5.49. The number of anilines is 1. The van der Waals surface area contributed by atoms with Crippen molar-refractivity contribution in [3.8, 4) is 0 Å². The van der Waals surface area contributed by atoms with Crippen LogP contribution in [0.2, 0.25) is 0 Å². The SMILES string of the molecule is C=NC(=C)c1ccc(N)cc1. The van der Waals surface area contributed by atoms with Gasteiger partial charge in [0.1, 0.15) is 0 Å². The average Bonchev–Trinajstić information content (AvgIpc) is 2.05. The van der Waals surface area contributed by atoms with Crippen LogP contribution in [0.3, 0.4) is 0 Å². The number of nitrogens with zero attached hydrogens (tertiary/aromatic N) is 1. The summed E-state index contributed by atoms with van der Waals surface area (Å²) >= 11 is 0. The van der Waals surface area contributed by atoms with E-state index < -0.39 is 0 Å². The molecule has 0 saturated heterocycles.